The summed E-state index contributed by atoms with van der Waals surface area (Å²) in [5.41, 5.74) is 0.603. The van der Waals surface area contributed by atoms with Crippen molar-refractivity contribution in [2.75, 3.05) is 27.3 Å². The number of hydrogen-bond acceptors (Lipinski definition) is 5. The average Bonchev–Trinajstić information content (AvgIpc) is 2.58. The Labute approximate surface area is 149 Å². The number of piperidine rings is 1. The van der Waals surface area contributed by atoms with Crippen molar-refractivity contribution in [3.8, 4) is 11.5 Å². The maximum absolute atomic E-state index is 12.3. The van der Waals surface area contributed by atoms with E-state index in [4.69, 9.17) is 9.47 Å². The number of carbonyl (C=O) groups is 1. The number of nitrogens with one attached hydrogen (secondary N) is 2. The van der Waals surface area contributed by atoms with Crippen LogP contribution >= 0.6 is 12.4 Å². The van der Waals surface area contributed by atoms with Gasteiger partial charge in [0, 0.05) is 24.1 Å². The Hall–Kier alpha value is -1.50. The Bertz CT molecular complexity index is 541. The maximum Gasteiger partial charge on any atom is 0.223 e. The molecule has 136 valence electrons. The highest BCUT2D eigenvalue weighted by atomic mass is 35.5. The second-order valence-electron chi connectivity index (χ2n) is 5.95. The summed E-state index contributed by atoms with van der Waals surface area (Å²) in [6, 6.07) is 5.59. The standard InChI is InChI=1S/C17H26N2O4.ClH/c1-11-8-12(6-7-18-11)17(21)19-10-15(20)14-9-13(22-2)4-5-16(14)23-3;/h4-5,9,11-12,15,18,20H,6-8,10H2,1-3H3,(H,19,21);1H/t11-,12-,15?;/m0./s1. The second kappa shape index (κ2) is 9.71. The van der Waals surface area contributed by atoms with Crippen LogP contribution in [0.4, 0.5) is 0 Å². The predicted molar refractivity (Wildman–Crippen MR) is 95.0 cm³/mol. The van der Waals surface area contributed by atoms with Crippen LogP contribution in [0.25, 0.3) is 0 Å². The number of methoxy groups -OCH3 is 2. The van der Waals surface area contributed by atoms with E-state index in [-0.39, 0.29) is 30.8 Å². The van der Waals surface area contributed by atoms with Crippen LogP contribution < -0.4 is 20.1 Å². The summed E-state index contributed by atoms with van der Waals surface area (Å²) in [5, 5.41) is 16.6. The highest BCUT2D eigenvalue weighted by molar-refractivity contribution is 5.85. The van der Waals surface area contributed by atoms with Gasteiger partial charge in [-0.1, -0.05) is 0 Å². The van der Waals surface area contributed by atoms with Crippen molar-refractivity contribution in [3.05, 3.63) is 23.8 Å². The lowest BCUT2D eigenvalue weighted by molar-refractivity contribution is -0.126. The zero-order valence-electron chi connectivity index (χ0n) is 14.4. The Morgan fingerprint density at radius 1 is 1.42 bits per heavy atom. The molecule has 1 aliphatic heterocycles. The number of amides is 1. The topological polar surface area (TPSA) is 79.8 Å². The zero-order valence-corrected chi connectivity index (χ0v) is 15.2. The van der Waals surface area contributed by atoms with E-state index in [1.54, 1.807) is 32.4 Å². The van der Waals surface area contributed by atoms with Crippen LogP contribution in [0.15, 0.2) is 18.2 Å². The van der Waals surface area contributed by atoms with Gasteiger partial charge < -0.3 is 25.2 Å². The van der Waals surface area contributed by atoms with E-state index in [0.717, 1.165) is 19.4 Å². The largest absolute Gasteiger partial charge is 0.497 e. The molecule has 0 saturated carbocycles. The maximum atomic E-state index is 12.3. The van der Waals surface area contributed by atoms with Gasteiger partial charge in [0.2, 0.25) is 5.91 Å². The van der Waals surface area contributed by atoms with E-state index in [0.29, 0.717) is 23.1 Å². The first-order valence-electron chi connectivity index (χ1n) is 7.96. The lowest BCUT2D eigenvalue weighted by Crippen LogP contribution is -2.43. The Kier molecular flexibility index (Phi) is 8.31. The molecule has 6 nitrogen and oxygen atoms in total. The molecular formula is C17H27ClN2O4. The summed E-state index contributed by atoms with van der Waals surface area (Å²) in [4.78, 5) is 12.3. The monoisotopic (exact) mass is 358 g/mol. The number of aliphatic hydroxyl groups is 1. The van der Waals surface area contributed by atoms with E-state index in [9.17, 15) is 9.90 Å². The van der Waals surface area contributed by atoms with Gasteiger partial charge in [-0.2, -0.15) is 0 Å². The Balaban J connectivity index is 0.00000288. The summed E-state index contributed by atoms with van der Waals surface area (Å²) < 4.78 is 10.4. The Morgan fingerprint density at radius 2 is 2.17 bits per heavy atom. The molecule has 1 aromatic carbocycles. The molecule has 1 aromatic rings. The number of rotatable bonds is 6. The minimum Gasteiger partial charge on any atom is -0.497 e. The molecule has 0 bridgehead atoms. The van der Waals surface area contributed by atoms with Crippen molar-refractivity contribution in [1.29, 1.82) is 0 Å². The SMILES string of the molecule is COc1ccc(OC)c(C(O)CNC(=O)[C@H]2CCN[C@@H](C)C2)c1.Cl. The molecule has 0 radical (unpaired) electrons. The molecule has 0 spiro atoms. The third-order valence-corrected chi connectivity index (χ3v) is 4.26. The van der Waals surface area contributed by atoms with Gasteiger partial charge >= 0.3 is 0 Å². The van der Waals surface area contributed by atoms with E-state index in [1.807, 2.05) is 0 Å². The minimum absolute atomic E-state index is 0. The summed E-state index contributed by atoms with van der Waals surface area (Å²) in [5.74, 6) is 1.21. The molecule has 0 aromatic heterocycles. The van der Waals surface area contributed by atoms with Crippen LogP contribution in [-0.4, -0.2) is 44.4 Å². The molecule has 1 unspecified atom stereocenters. The molecular weight excluding hydrogens is 332 g/mol. The van der Waals surface area contributed by atoms with Gasteiger partial charge in [-0.15, -0.1) is 12.4 Å². The van der Waals surface area contributed by atoms with Crippen molar-refractivity contribution in [2.24, 2.45) is 5.92 Å². The van der Waals surface area contributed by atoms with Gasteiger partial charge in [0.05, 0.1) is 20.3 Å². The minimum atomic E-state index is -0.844. The number of halogens is 1. The lowest BCUT2D eigenvalue weighted by atomic mass is 9.92. The van der Waals surface area contributed by atoms with Gasteiger partial charge in [0.15, 0.2) is 0 Å². The third-order valence-electron chi connectivity index (χ3n) is 4.26. The van der Waals surface area contributed by atoms with E-state index >= 15 is 0 Å². The van der Waals surface area contributed by atoms with Crippen molar-refractivity contribution >= 4 is 18.3 Å². The molecule has 1 aliphatic rings. The molecule has 0 aliphatic carbocycles. The zero-order chi connectivity index (χ0) is 16.8. The van der Waals surface area contributed by atoms with Crippen LogP contribution in [0, 0.1) is 5.92 Å². The molecule has 1 fully saturated rings. The molecule has 2 rings (SSSR count). The van der Waals surface area contributed by atoms with Gasteiger partial charge in [-0.25, -0.2) is 0 Å². The molecule has 1 heterocycles. The highest BCUT2D eigenvalue weighted by Gasteiger charge is 2.25. The highest BCUT2D eigenvalue weighted by Crippen LogP contribution is 2.29. The van der Waals surface area contributed by atoms with Crippen molar-refractivity contribution in [1.82, 2.24) is 10.6 Å². The fourth-order valence-corrected chi connectivity index (χ4v) is 2.92. The van der Waals surface area contributed by atoms with Gasteiger partial charge in [0.1, 0.15) is 11.5 Å². The van der Waals surface area contributed by atoms with Crippen LogP contribution in [0.5, 0.6) is 11.5 Å². The van der Waals surface area contributed by atoms with Gasteiger partial charge in [0.25, 0.3) is 0 Å². The van der Waals surface area contributed by atoms with Crippen LogP contribution in [0.3, 0.4) is 0 Å². The van der Waals surface area contributed by atoms with Gasteiger partial charge in [-0.3, -0.25) is 4.79 Å². The van der Waals surface area contributed by atoms with E-state index in [2.05, 4.69) is 17.6 Å². The summed E-state index contributed by atoms with van der Waals surface area (Å²) in [7, 11) is 3.12. The first-order chi connectivity index (χ1) is 11.0. The normalized spacial score (nSPS) is 21.3. The summed E-state index contributed by atoms with van der Waals surface area (Å²) in [6.45, 7) is 3.08. The average molecular weight is 359 g/mol. The molecule has 24 heavy (non-hydrogen) atoms. The van der Waals surface area contributed by atoms with Crippen molar-refractivity contribution in [2.45, 2.75) is 31.9 Å². The number of ether oxygens (including phenoxy) is 2. The lowest BCUT2D eigenvalue weighted by Gasteiger charge is -2.27. The van der Waals surface area contributed by atoms with Crippen molar-refractivity contribution < 1.29 is 19.4 Å². The smallest absolute Gasteiger partial charge is 0.223 e. The molecule has 3 N–H and O–H groups in total. The van der Waals surface area contributed by atoms with Crippen LogP contribution in [0.2, 0.25) is 0 Å². The van der Waals surface area contributed by atoms with Crippen LogP contribution in [0.1, 0.15) is 31.4 Å². The van der Waals surface area contributed by atoms with E-state index < -0.39 is 6.10 Å². The third kappa shape index (κ3) is 5.26. The number of hydrogen-bond donors (Lipinski definition) is 3. The summed E-state index contributed by atoms with van der Waals surface area (Å²) in [6.07, 6.45) is 0.808. The second-order valence-corrected chi connectivity index (χ2v) is 5.95. The quantitative estimate of drug-likeness (QED) is 0.720. The molecule has 1 amide bonds. The molecule has 1 saturated heterocycles. The Morgan fingerprint density at radius 3 is 2.79 bits per heavy atom. The number of carbonyl (C=O) groups excluding carboxylic acids is 1. The number of aliphatic hydroxyl groups excluding tert-OH is 1. The van der Waals surface area contributed by atoms with Gasteiger partial charge in [-0.05, 0) is 44.5 Å². The first kappa shape index (κ1) is 20.5. The fourth-order valence-electron chi connectivity index (χ4n) is 2.92. The number of benzene rings is 1. The summed E-state index contributed by atoms with van der Waals surface area (Å²) >= 11 is 0. The fraction of sp³-hybridized carbons (Fsp3) is 0.588. The van der Waals surface area contributed by atoms with E-state index in [1.165, 1.54) is 0 Å². The first-order valence-corrected chi connectivity index (χ1v) is 7.96. The van der Waals surface area contributed by atoms with Crippen LogP contribution in [-0.2, 0) is 4.79 Å². The molecule has 7 heteroatoms. The molecule has 3 atom stereocenters. The van der Waals surface area contributed by atoms with Crippen molar-refractivity contribution in [3.63, 3.8) is 0 Å². The predicted octanol–water partition coefficient (Wildman–Crippen LogP) is 1.66.